The summed E-state index contributed by atoms with van der Waals surface area (Å²) in [6, 6.07) is 4.85. The zero-order valence-corrected chi connectivity index (χ0v) is 12.3. The monoisotopic (exact) mass is 283 g/mol. The topological polar surface area (TPSA) is 32.3 Å². The first-order valence-corrected chi connectivity index (χ1v) is 8.16. The molecule has 0 amide bonds. The highest BCUT2D eigenvalue weighted by Crippen LogP contribution is 2.29. The molecular formula is C15H22FNOS. The van der Waals surface area contributed by atoms with E-state index in [0.717, 1.165) is 18.1 Å². The van der Waals surface area contributed by atoms with Gasteiger partial charge in [0.25, 0.3) is 0 Å². The van der Waals surface area contributed by atoms with Crippen molar-refractivity contribution < 1.29 is 9.50 Å². The van der Waals surface area contributed by atoms with Gasteiger partial charge in [-0.15, -0.1) is 0 Å². The van der Waals surface area contributed by atoms with Gasteiger partial charge in [0.1, 0.15) is 11.6 Å². The molecule has 2 rings (SSSR count). The van der Waals surface area contributed by atoms with Crippen LogP contribution in [-0.4, -0.2) is 22.7 Å². The average molecular weight is 283 g/mol. The number of thioether (sulfide) groups is 1. The Labute approximate surface area is 118 Å². The summed E-state index contributed by atoms with van der Waals surface area (Å²) in [5.41, 5.74) is 0.629. The van der Waals surface area contributed by atoms with Crippen molar-refractivity contribution in [2.24, 2.45) is 0 Å². The minimum absolute atomic E-state index is 0.0172. The number of hydrogen-bond donors (Lipinski definition) is 2. The summed E-state index contributed by atoms with van der Waals surface area (Å²) in [5.74, 6) is -0.355. The van der Waals surface area contributed by atoms with E-state index in [9.17, 15) is 9.50 Å². The molecule has 1 aromatic carbocycles. The first-order valence-electron chi connectivity index (χ1n) is 6.87. The van der Waals surface area contributed by atoms with Crippen molar-refractivity contribution in [3.8, 4) is 5.75 Å². The molecule has 1 atom stereocenters. The molecule has 1 aliphatic carbocycles. The molecule has 0 spiro atoms. The zero-order valence-electron chi connectivity index (χ0n) is 11.5. The van der Waals surface area contributed by atoms with Gasteiger partial charge in [-0.25, -0.2) is 4.39 Å². The largest absolute Gasteiger partial charge is 0.508 e. The standard InChI is InChI=1S/C15H22FNOS/c1-10(14-8-5-12(18)9-15(14)16)17-11-3-6-13(19-2)7-4-11/h5,8-11,13,17-18H,3-4,6-7H2,1-2H3. The van der Waals surface area contributed by atoms with Crippen LogP contribution in [0.25, 0.3) is 0 Å². The fourth-order valence-corrected chi connectivity index (χ4v) is 3.52. The van der Waals surface area contributed by atoms with Crippen LogP contribution in [0.2, 0.25) is 0 Å². The molecule has 2 nitrogen and oxygen atoms in total. The SMILES string of the molecule is CSC1CCC(NC(C)c2ccc(O)cc2F)CC1. The number of phenols is 1. The molecule has 0 heterocycles. The van der Waals surface area contributed by atoms with Crippen molar-refractivity contribution in [2.75, 3.05) is 6.26 Å². The van der Waals surface area contributed by atoms with Gasteiger partial charge in [0.2, 0.25) is 0 Å². The zero-order chi connectivity index (χ0) is 13.8. The van der Waals surface area contributed by atoms with E-state index in [-0.39, 0.29) is 17.6 Å². The third-order valence-electron chi connectivity index (χ3n) is 3.94. The quantitative estimate of drug-likeness (QED) is 0.880. The van der Waals surface area contributed by atoms with E-state index in [1.165, 1.54) is 18.9 Å². The Kier molecular flexibility index (Phi) is 5.11. The number of hydrogen-bond acceptors (Lipinski definition) is 3. The van der Waals surface area contributed by atoms with E-state index in [1.807, 2.05) is 18.7 Å². The van der Waals surface area contributed by atoms with Gasteiger partial charge in [-0.2, -0.15) is 11.8 Å². The van der Waals surface area contributed by atoms with Crippen LogP contribution in [0.4, 0.5) is 4.39 Å². The van der Waals surface area contributed by atoms with Crippen LogP contribution < -0.4 is 5.32 Å². The first-order chi connectivity index (χ1) is 9.10. The molecule has 106 valence electrons. The summed E-state index contributed by atoms with van der Waals surface area (Å²) < 4.78 is 13.8. The number of benzene rings is 1. The van der Waals surface area contributed by atoms with E-state index in [1.54, 1.807) is 12.1 Å². The molecule has 1 unspecified atom stereocenters. The Bertz CT molecular complexity index is 419. The van der Waals surface area contributed by atoms with Crippen molar-refractivity contribution >= 4 is 11.8 Å². The van der Waals surface area contributed by atoms with E-state index in [4.69, 9.17) is 0 Å². The third kappa shape index (κ3) is 3.86. The molecule has 0 aliphatic heterocycles. The summed E-state index contributed by atoms with van der Waals surface area (Å²) in [4.78, 5) is 0. The summed E-state index contributed by atoms with van der Waals surface area (Å²) in [5, 5.41) is 13.5. The van der Waals surface area contributed by atoms with Gasteiger partial charge in [0.05, 0.1) is 0 Å². The second-order valence-electron chi connectivity index (χ2n) is 5.30. The highest BCUT2D eigenvalue weighted by molar-refractivity contribution is 7.99. The minimum Gasteiger partial charge on any atom is -0.508 e. The lowest BCUT2D eigenvalue weighted by atomic mass is 9.93. The van der Waals surface area contributed by atoms with E-state index >= 15 is 0 Å². The molecule has 0 bridgehead atoms. The lowest BCUT2D eigenvalue weighted by Gasteiger charge is -2.30. The molecule has 1 fully saturated rings. The normalized spacial score (nSPS) is 25.2. The summed E-state index contributed by atoms with van der Waals surface area (Å²) in [7, 11) is 0. The van der Waals surface area contributed by atoms with Crippen LogP contribution in [0.3, 0.4) is 0 Å². The molecule has 19 heavy (non-hydrogen) atoms. The smallest absolute Gasteiger partial charge is 0.131 e. The molecule has 1 aliphatic rings. The van der Waals surface area contributed by atoms with Gasteiger partial charge < -0.3 is 10.4 Å². The van der Waals surface area contributed by atoms with Crippen molar-refractivity contribution in [2.45, 2.75) is 49.9 Å². The summed E-state index contributed by atoms with van der Waals surface area (Å²) >= 11 is 1.95. The van der Waals surface area contributed by atoms with Gasteiger partial charge in [-0.05, 0) is 44.9 Å². The molecule has 2 N–H and O–H groups in total. The Morgan fingerprint density at radius 2 is 2.00 bits per heavy atom. The lowest BCUT2D eigenvalue weighted by molar-refractivity contribution is 0.348. The van der Waals surface area contributed by atoms with Crippen LogP contribution in [0.1, 0.15) is 44.2 Å². The summed E-state index contributed by atoms with van der Waals surface area (Å²) in [6.45, 7) is 1.98. The van der Waals surface area contributed by atoms with Crippen molar-refractivity contribution in [1.29, 1.82) is 0 Å². The second kappa shape index (κ2) is 6.62. The van der Waals surface area contributed by atoms with Gasteiger partial charge in [0.15, 0.2) is 0 Å². The predicted molar refractivity (Wildman–Crippen MR) is 79.2 cm³/mol. The minimum atomic E-state index is -0.335. The molecule has 4 heteroatoms. The first kappa shape index (κ1) is 14.7. The number of aromatic hydroxyl groups is 1. The second-order valence-corrected chi connectivity index (χ2v) is 6.44. The number of nitrogens with one attached hydrogen (secondary N) is 1. The highest BCUT2D eigenvalue weighted by atomic mass is 32.2. The van der Waals surface area contributed by atoms with E-state index in [2.05, 4.69) is 11.6 Å². The molecular weight excluding hydrogens is 261 g/mol. The molecule has 0 radical (unpaired) electrons. The van der Waals surface area contributed by atoms with Gasteiger partial charge in [0, 0.05) is 29.0 Å². The van der Waals surface area contributed by atoms with Crippen molar-refractivity contribution in [1.82, 2.24) is 5.32 Å². The van der Waals surface area contributed by atoms with Crippen molar-refractivity contribution in [3.05, 3.63) is 29.6 Å². The van der Waals surface area contributed by atoms with Crippen LogP contribution in [0, 0.1) is 5.82 Å². The van der Waals surface area contributed by atoms with Gasteiger partial charge in [-0.1, -0.05) is 6.07 Å². The fraction of sp³-hybridized carbons (Fsp3) is 0.600. The van der Waals surface area contributed by atoms with Crippen LogP contribution in [0.15, 0.2) is 18.2 Å². The molecule has 1 saturated carbocycles. The maximum atomic E-state index is 13.8. The maximum Gasteiger partial charge on any atom is 0.131 e. The Hall–Kier alpha value is -0.740. The number of halogens is 1. The number of rotatable bonds is 4. The molecule has 1 aromatic rings. The Morgan fingerprint density at radius 3 is 2.58 bits per heavy atom. The van der Waals surface area contributed by atoms with Crippen LogP contribution in [-0.2, 0) is 0 Å². The molecule has 0 saturated heterocycles. The van der Waals surface area contributed by atoms with Gasteiger partial charge >= 0.3 is 0 Å². The Balaban J connectivity index is 1.92. The number of phenolic OH excluding ortho intramolecular Hbond substituents is 1. The van der Waals surface area contributed by atoms with Crippen molar-refractivity contribution in [3.63, 3.8) is 0 Å². The summed E-state index contributed by atoms with van der Waals surface area (Å²) in [6.07, 6.45) is 6.98. The maximum absolute atomic E-state index is 13.8. The van der Waals surface area contributed by atoms with Gasteiger partial charge in [-0.3, -0.25) is 0 Å². The molecule has 0 aromatic heterocycles. The predicted octanol–water partition coefficient (Wildman–Crippen LogP) is 3.86. The highest BCUT2D eigenvalue weighted by Gasteiger charge is 2.22. The lowest BCUT2D eigenvalue weighted by Crippen LogP contribution is -2.35. The van der Waals surface area contributed by atoms with Crippen LogP contribution in [0.5, 0.6) is 5.75 Å². The average Bonchev–Trinajstić information content (AvgIpc) is 2.39. The Morgan fingerprint density at radius 1 is 1.32 bits per heavy atom. The third-order valence-corrected chi connectivity index (χ3v) is 5.08. The van der Waals surface area contributed by atoms with E-state index < -0.39 is 0 Å². The van der Waals surface area contributed by atoms with Crippen LogP contribution >= 0.6 is 11.8 Å². The van der Waals surface area contributed by atoms with E-state index in [0.29, 0.717) is 11.6 Å². The fourth-order valence-electron chi connectivity index (χ4n) is 2.78.